The van der Waals surface area contributed by atoms with Crippen molar-refractivity contribution in [3.8, 4) is 22.3 Å². The first kappa shape index (κ1) is 9.10. The zero-order valence-corrected chi connectivity index (χ0v) is 8.80. The standard InChI is InChI=1S/C15H11N/c1-2-4-13-10-15(11-14(13)5-3-1)12-6-8-16-9-7-12/h1-11H. The predicted octanol–water partition coefficient (Wildman–Crippen LogP) is 3.85. The van der Waals surface area contributed by atoms with Crippen LogP contribution in [0.25, 0.3) is 22.3 Å². The molecule has 0 aromatic carbocycles. The molecule has 1 nitrogen and oxygen atoms in total. The zero-order valence-electron chi connectivity index (χ0n) is 8.80. The van der Waals surface area contributed by atoms with E-state index in [9.17, 15) is 0 Å². The van der Waals surface area contributed by atoms with E-state index >= 15 is 0 Å². The fourth-order valence-corrected chi connectivity index (χ4v) is 1.93. The molecule has 1 aromatic rings. The topological polar surface area (TPSA) is 12.9 Å². The zero-order chi connectivity index (χ0) is 10.8. The van der Waals surface area contributed by atoms with Gasteiger partial charge in [0.15, 0.2) is 0 Å². The molecular formula is C15H11N. The van der Waals surface area contributed by atoms with Gasteiger partial charge in [-0.05, 0) is 46.5 Å². The molecule has 1 heterocycles. The number of rotatable bonds is 1. The fourth-order valence-electron chi connectivity index (χ4n) is 1.93. The van der Waals surface area contributed by atoms with Crippen molar-refractivity contribution in [1.29, 1.82) is 0 Å². The van der Waals surface area contributed by atoms with E-state index in [-0.39, 0.29) is 0 Å². The van der Waals surface area contributed by atoms with Crippen LogP contribution in [0.4, 0.5) is 0 Å². The number of hydrogen-bond acceptors (Lipinski definition) is 1. The highest BCUT2D eigenvalue weighted by Gasteiger charge is 2.05. The lowest BCUT2D eigenvalue weighted by atomic mass is 10.1. The molecular weight excluding hydrogens is 194 g/mol. The summed E-state index contributed by atoms with van der Waals surface area (Å²) in [6, 6.07) is 19.0. The Kier molecular flexibility index (Phi) is 2.15. The number of aromatic nitrogens is 1. The highest BCUT2D eigenvalue weighted by molar-refractivity contribution is 5.79. The van der Waals surface area contributed by atoms with E-state index in [1.54, 1.807) is 0 Å². The van der Waals surface area contributed by atoms with Crippen molar-refractivity contribution >= 4 is 0 Å². The summed E-state index contributed by atoms with van der Waals surface area (Å²) in [5.74, 6) is 0. The van der Waals surface area contributed by atoms with Gasteiger partial charge in [-0.1, -0.05) is 30.3 Å². The van der Waals surface area contributed by atoms with E-state index in [2.05, 4.69) is 41.4 Å². The van der Waals surface area contributed by atoms with Crippen molar-refractivity contribution in [2.24, 2.45) is 0 Å². The average molecular weight is 205 g/mol. The number of fused-ring (bicyclic) bond motifs is 1. The third-order valence-electron chi connectivity index (χ3n) is 2.74. The van der Waals surface area contributed by atoms with E-state index in [1.807, 2.05) is 30.6 Å². The average Bonchev–Trinajstić information content (AvgIpc) is 2.62. The monoisotopic (exact) mass is 205 g/mol. The third kappa shape index (κ3) is 1.57. The minimum Gasteiger partial charge on any atom is -0.265 e. The summed E-state index contributed by atoms with van der Waals surface area (Å²) in [4.78, 5) is 4.03. The summed E-state index contributed by atoms with van der Waals surface area (Å²) < 4.78 is 0. The molecule has 0 saturated carbocycles. The smallest absolute Gasteiger partial charge is 0.0273 e. The van der Waals surface area contributed by atoms with Gasteiger partial charge < -0.3 is 0 Å². The summed E-state index contributed by atoms with van der Waals surface area (Å²) in [5, 5.41) is 0. The summed E-state index contributed by atoms with van der Waals surface area (Å²) in [6.07, 6.45) is 3.65. The molecule has 3 rings (SSSR count). The molecule has 0 amide bonds. The number of nitrogens with zero attached hydrogens (tertiary/aromatic N) is 1. The highest BCUT2D eigenvalue weighted by Crippen LogP contribution is 2.31. The Labute approximate surface area is 94.7 Å². The van der Waals surface area contributed by atoms with E-state index in [4.69, 9.17) is 0 Å². The molecule has 0 unspecified atom stereocenters. The Morgan fingerprint density at radius 2 is 1.19 bits per heavy atom. The molecule has 0 N–H and O–H groups in total. The molecule has 16 heavy (non-hydrogen) atoms. The molecule has 2 aliphatic carbocycles. The molecule has 1 aromatic heterocycles. The van der Waals surface area contributed by atoms with Gasteiger partial charge in [0.25, 0.3) is 0 Å². The lowest BCUT2D eigenvalue weighted by molar-refractivity contribution is 1.33. The first-order chi connectivity index (χ1) is 7.93. The molecule has 2 aliphatic rings. The van der Waals surface area contributed by atoms with E-state index in [0.29, 0.717) is 0 Å². The lowest BCUT2D eigenvalue weighted by Crippen LogP contribution is -1.72. The van der Waals surface area contributed by atoms with Crippen LogP contribution in [0, 0.1) is 0 Å². The van der Waals surface area contributed by atoms with Crippen LogP contribution in [0.3, 0.4) is 0 Å². The van der Waals surface area contributed by atoms with Crippen molar-refractivity contribution in [2.45, 2.75) is 0 Å². The van der Waals surface area contributed by atoms with Crippen LogP contribution in [0.15, 0.2) is 67.0 Å². The maximum absolute atomic E-state index is 4.03. The highest BCUT2D eigenvalue weighted by atomic mass is 14.6. The van der Waals surface area contributed by atoms with Crippen molar-refractivity contribution < 1.29 is 0 Å². The van der Waals surface area contributed by atoms with Crippen molar-refractivity contribution in [3.05, 3.63) is 67.0 Å². The minimum atomic E-state index is 1.22. The van der Waals surface area contributed by atoms with Gasteiger partial charge in [-0.25, -0.2) is 0 Å². The van der Waals surface area contributed by atoms with Crippen molar-refractivity contribution in [3.63, 3.8) is 0 Å². The summed E-state index contributed by atoms with van der Waals surface area (Å²) in [6.45, 7) is 0. The molecule has 0 radical (unpaired) electrons. The summed E-state index contributed by atoms with van der Waals surface area (Å²) in [5.41, 5.74) is 5.02. The van der Waals surface area contributed by atoms with Gasteiger partial charge in [0, 0.05) is 12.4 Å². The Bertz CT molecular complexity index is 541. The molecule has 0 atom stereocenters. The van der Waals surface area contributed by atoms with Gasteiger partial charge in [-0.15, -0.1) is 0 Å². The normalized spacial score (nSPS) is 10.5. The number of pyridine rings is 1. The second-order valence-electron chi connectivity index (χ2n) is 3.80. The van der Waals surface area contributed by atoms with Crippen LogP contribution in [-0.4, -0.2) is 4.98 Å². The molecule has 0 aliphatic heterocycles. The molecule has 0 bridgehead atoms. The van der Waals surface area contributed by atoms with Crippen LogP contribution >= 0.6 is 0 Å². The number of hydrogen-bond donors (Lipinski definition) is 0. The van der Waals surface area contributed by atoms with Crippen LogP contribution < -0.4 is 0 Å². The first-order valence-electron chi connectivity index (χ1n) is 5.33. The van der Waals surface area contributed by atoms with Crippen molar-refractivity contribution in [2.75, 3.05) is 0 Å². The predicted molar refractivity (Wildman–Crippen MR) is 66.3 cm³/mol. The fraction of sp³-hybridized carbons (Fsp3) is 0. The second-order valence-corrected chi connectivity index (χ2v) is 3.80. The van der Waals surface area contributed by atoms with E-state index < -0.39 is 0 Å². The van der Waals surface area contributed by atoms with E-state index in [1.165, 1.54) is 22.3 Å². The van der Waals surface area contributed by atoms with Gasteiger partial charge in [-0.2, -0.15) is 0 Å². The van der Waals surface area contributed by atoms with Crippen molar-refractivity contribution in [1.82, 2.24) is 4.98 Å². The maximum Gasteiger partial charge on any atom is 0.0273 e. The van der Waals surface area contributed by atoms with E-state index in [0.717, 1.165) is 0 Å². The molecule has 76 valence electrons. The minimum absolute atomic E-state index is 1.22. The molecule has 1 heteroatoms. The van der Waals surface area contributed by atoms with Gasteiger partial charge in [0.1, 0.15) is 0 Å². The van der Waals surface area contributed by atoms with Crippen LogP contribution in [0.2, 0.25) is 0 Å². The van der Waals surface area contributed by atoms with Crippen LogP contribution in [0.1, 0.15) is 0 Å². The Morgan fingerprint density at radius 3 is 1.81 bits per heavy atom. The molecule has 0 saturated heterocycles. The van der Waals surface area contributed by atoms with Gasteiger partial charge in [0.05, 0.1) is 0 Å². The SMILES string of the molecule is c1ccc2cc(-c3ccncc3)cc-2cc1. The van der Waals surface area contributed by atoms with Crippen LogP contribution in [0.5, 0.6) is 0 Å². The molecule has 0 fully saturated rings. The lowest BCUT2D eigenvalue weighted by Gasteiger charge is -1.93. The third-order valence-corrected chi connectivity index (χ3v) is 2.74. The molecule has 0 spiro atoms. The maximum atomic E-state index is 4.03. The second kappa shape index (κ2) is 3.78. The van der Waals surface area contributed by atoms with Gasteiger partial charge in [0.2, 0.25) is 0 Å². The van der Waals surface area contributed by atoms with Gasteiger partial charge >= 0.3 is 0 Å². The summed E-state index contributed by atoms with van der Waals surface area (Å²) >= 11 is 0. The Hall–Kier alpha value is -2.15. The summed E-state index contributed by atoms with van der Waals surface area (Å²) in [7, 11) is 0. The first-order valence-corrected chi connectivity index (χ1v) is 5.33. The van der Waals surface area contributed by atoms with Gasteiger partial charge in [-0.3, -0.25) is 4.98 Å². The Balaban J connectivity index is 2.18. The Morgan fingerprint density at radius 1 is 0.562 bits per heavy atom. The van der Waals surface area contributed by atoms with Crippen LogP contribution in [-0.2, 0) is 0 Å². The quantitative estimate of drug-likeness (QED) is 0.588. The largest absolute Gasteiger partial charge is 0.265 e.